The summed E-state index contributed by atoms with van der Waals surface area (Å²) in [5.41, 5.74) is -0.589. The molecule has 0 bridgehead atoms. The Bertz CT molecular complexity index is 352. The van der Waals surface area contributed by atoms with Crippen molar-refractivity contribution in [3.05, 3.63) is 0 Å². The number of carbonyl (C=O) groups excluding carboxylic acids is 1. The Morgan fingerprint density at radius 1 is 1.29 bits per heavy atom. The largest absolute Gasteiger partial charge is 0.481 e. The molecule has 0 heterocycles. The summed E-state index contributed by atoms with van der Waals surface area (Å²) >= 11 is 0. The summed E-state index contributed by atoms with van der Waals surface area (Å²) in [6.07, 6.45) is 4.65. The highest BCUT2D eigenvalue weighted by molar-refractivity contribution is 5.76. The van der Waals surface area contributed by atoms with E-state index in [0.717, 1.165) is 32.1 Å². The molecule has 0 unspecified atom stereocenters. The van der Waals surface area contributed by atoms with E-state index < -0.39 is 11.5 Å². The number of hydrogen-bond donors (Lipinski definition) is 2. The number of nitrogens with zero attached hydrogens (tertiary/aromatic N) is 1. The molecule has 0 aromatic carbocycles. The number of carbonyl (C=O) groups is 2. The lowest BCUT2D eigenvalue weighted by Crippen LogP contribution is -2.54. The molecule has 122 valence electrons. The fraction of sp³-hybridized carbons (Fsp3) is 0.867. The number of hydrogen-bond acceptors (Lipinski definition) is 3. The van der Waals surface area contributed by atoms with Crippen molar-refractivity contribution in [3.8, 4) is 0 Å². The summed E-state index contributed by atoms with van der Waals surface area (Å²) in [5.74, 6) is -0.858. The van der Waals surface area contributed by atoms with Crippen LogP contribution < -0.4 is 5.32 Å². The van der Waals surface area contributed by atoms with Gasteiger partial charge < -0.3 is 20.1 Å². The van der Waals surface area contributed by atoms with Gasteiger partial charge in [-0.15, -0.1) is 0 Å². The van der Waals surface area contributed by atoms with E-state index in [9.17, 15) is 9.59 Å². The number of aliphatic carboxylic acids is 1. The lowest BCUT2D eigenvalue weighted by atomic mass is 9.79. The molecule has 0 saturated heterocycles. The highest BCUT2D eigenvalue weighted by atomic mass is 16.5. The minimum atomic E-state index is -0.858. The molecule has 1 fully saturated rings. The van der Waals surface area contributed by atoms with Crippen molar-refractivity contribution in [2.24, 2.45) is 0 Å². The van der Waals surface area contributed by atoms with Gasteiger partial charge in [0.25, 0.3) is 0 Å². The summed E-state index contributed by atoms with van der Waals surface area (Å²) in [6.45, 7) is 4.87. The van der Waals surface area contributed by atoms with Gasteiger partial charge in [-0.1, -0.05) is 19.3 Å². The molecular formula is C15H28N2O4. The lowest BCUT2D eigenvalue weighted by molar-refractivity contribution is -0.139. The van der Waals surface area contributed by atoms with Crippen LogP contribution in [-0.2, 0) is 9.53 Å². The van der Waals surface area contributed by atoms with Gasteiger partial charge in [0.15, 0.2) is 0 Å². The van der Waals surface area contributed by atoms with Gasteiger partial charge >= 0.3 is 12.0 Å². The first-order valence-corrected chi connectivity index (χ1v) is 7.71. The third kappa shape index (κ3) is 6.33. The Labute approximate surface area is 126 Å². The lowest BCUT2D eigenvalue weighted by Gasteiger charge is -2.38. The van der Waals surface area contributed by atoms with E-state index in [1.54, 1.807) is 11.9 Å². The van der Waals surface area contributed by atoms with Gasteiger partial charge in [0.1, 0.15) is 0 Å². The van der Waals surface area contributed by atoms with E-state index >= 15 is 0 Å². The molecule has 0 aromatic heterocycles. The number of urea groups is 1. The van der Waals surface area contributed by atoms with Gasteiger partial charge in [0.2, 0.25) is 0 Å². The van der Waals surface area contributed by atoms with E-state index in [-0.39, 0.29) is 18.6 Å². The Kier molecular flexibility index (Phi) is 6.95. The zero-order valence-corrected chi connectivity index (χ0v) is 13.4. The van der Waals surface area contributed by atoms with Crippen molar-refractivity contribution in [2.45, 2.75) is 64.0 Å². The van der Waals surface area contributed by atoms with Crippen molar-refractivity contribution >= 4 is 12.0 Å². The van der Waals surface area contributed by atoms with Gasteiger partial charge in [-0.25, -0.2) is 4.79 Å². The maximum Gasteiger partial charge on any atom is 0.317 e. The first-order valence-electron chi connectivity index (χ1n) is 7.71. The molecule has 0 spiro atoms. The first-order chi connectivity index (χ1) is 9.84. The number of carboxylic acid groups (broad SMARTS) is 1. The fourth-order valence-electron chi connectivity index (χ4n) is 2.71. The predicted octanol–water partition coefficient (Wildman–Crippen LogP) is 2.23. The predicted molar refractivity (Wildman–Crippen MR) is 80.3 cm³/mol. The van der Waals surface area contributed by atoms with Crippen molar-refractivity contribution < 1.29 is 19.4 Å². The minimum Gasteiger partial charge on any atom is -0.481 e. The number of carboxylic acids is 1. The number of rotatable bonds is 7. The summed E-state index contributed by atoms with van der Waals surface area (Å²) in [4.78, 5) is 24.9. The Hall–Kier alpha value is -1.30. The molecule has 1 rings (SSSR count). The Morgan fingerprint density at radius 2 is 1.90 bits per heavy atom. The van der Waals surface area contributed by atoms with Crippen molar-refractivity contribution in [2.75, 3.05) is 20.2 Å². The quantitative estimate of drug-likeness (QED) is 0.755. The molecule has 0 atom stereocenters. The Balaban J connectivity index is 2.53. The molecule has 1 aliphatic rings. The van der Waals surface area contributed by atoms with Crippen LogP contribution in [0.1, 0.15) is 52.4 Å². The van der Waals surface area contributed by atoms with E-state index in [2.05, 4.69) is 5.32 Å². The Morgan fingerprint density at radius 3 is 2.43 bits per heavy atom. The average Bonchev–Trinajstić information content (AvgIpc) is 2.37. The van der Waals surface area contributed by atoms with Crippen LogP contribution in [0.3, 0.4) is 0 Å². The number of ether oxygens (including phenoxy) is 1. The third-order valence-corrected chi connectivity index (χ3v) is 3.90. The highest BCUT2D eigenvalue weighted by Gasteiger charge is 2.36. The van der Waals surface area contributed by atoms with Crippen LogP contribution >= 0.6 is 0 Å². The maximum atomic E-state index is 12.2. The second kappa shape index (κ2) is 8.22. The monoisotopic (exact) mass is 300 g/mol. The normalized spacial score (nSPS) is 17.5. The second-order valence-electron chi connectivity index (χ2n) is 6.18. The standard InChI is InChI=1S/C15H28N2O4/c1-12(2)21-10-9-17(3)14(20)16-15(11-13(18)19)7-5-4-6-8-15/h12H,4-11H2,1-3H3,(H,16,20)(H,18,19). The summed E-state index contributed by atoms with van der Waals surface area (Å²) < 4.78 is 5.43. The van der Waals surface area contributed by atoms with Crippen LogP contribution in [0, 0.1) is 0 Å². The highest BCUT2D eigenvalue weighted by Crippen LogP contribution is 2.31. The second-order valence-corrected chi connectivity index (χ2v) is 6.18. The van der Waals surface area contributed by atoms with Crippen molar-refractivity contribution in [1.82, 2.24) is 10.2 Å². The van der Waals surface area contributed by atoms with Crippen molar-refractivity contribution in [3.63, 3.8) is 0 Å². The smallest absolute Gasteiger partial charge is 0.317 e. The molecule has 0 radical (unpaired) electrons. The van der Waals surface area contributed by atoms with E-state index in [1.807, 2.05) is 13.8 Å². The molecule has 1 saturated carbocycles. The van der Waals surface area contributed by atoms with Crippen LogP contribution in [0.15, 0.2) is 0 Å². The van der Waals surface area contributed by atoms with E-state index in [0.29, 0.717) is 13.2 Å². The minimum absolute atomic E-state index is 0.00489. The average molecular weight is 300 g/mol. The molecule has 0 aromatic rings. The van der Waals surface area contributed by atoms with Crippen LogP contribution in [0.25, 0.3) is 0 Å². The third-order valence-electron chi connectivity index (χ3n) is 3.90. The van der Waals surface area contributed by atoms with Gasteiger partial charge in [-0.05, 0) is 26.7 Å². The molecule has 0 aliphatic heterocycles. The molecule has 21 heavy (non-hydrogen) atoms. The van der Waals surface area contributed by atoms with Crippen LogP contribution in [-0.4, -0.2) is 53.8 Å². The van der Waals surface area contributed by atoms with E-state index in [1.165, 1.54) is 0 Å². The molecule has 6 heteroatoms. The summed E-state index contributed by atoms with van der Waals surface area (Å²) in [7, 11) is 1.70. The van der Waals surface area contributed by atoms with Gasteiger partial charge in [0.05, 0.1) is 24.7 Å². The van der Waals surface area contributed by atoms with Gasteiger partial charge in [-0.2, -0.15) is 0 Å². The molecule has 2 N–H and O–H groups in total. The van der Waals surface area contributed by atoms with Crippen LogP contribution in [0.5, 0.6) is 0 Å². The molecule has 6 nitrogen and oxygen atoms in total. The van der Waals surface area contributed by atoms with Gasteiger partial charge in [0, 0.05) is 13.6 Å². The zero-order chi connectivity index (χ0) is 15.9. The van der Waals surface area contributed by atoms with Crippen LogP contribution in [0.4, 0.5) is 4.79 Å². The zero-order valence-electron chi connectivity index (χ0n) is 13.4. The SMILES string of the molecule is CC(C)OCCN(C)C(=O)NC1(CC(=O)O)CCCCC1. The fourth-order valence-corrected chi connectivity index (χ4v) is 2.71. The number of likely N-dealkylation sites (N-methyl/N-ethyl adjacent to an activating group) is 1. The molecule has 2 amide bonds. The van der Waals surface area contributed by atoms with Gasteiger partial charge in [-0.3, -0.25) is 4.79 Å². The first kappa shape index (κ1) is 17.8. The topological polar surface area (TPSA) is 78.9 Å². The van der Waals surface area contributed by atoms with E-state index in [4.69, 9.17) is 9.84 Å². The maximum absolute atomic E-state index is 12.2. The molecule has 1 aliphatic carbocycles. The van der Waals surface area contributed by atoms with Crippen molar-refractivity contribution in [1.29, 1.82) is 0 Å². The molecular weight excluding hydrogens is 272 g/mol. The summed E-state index contributed by atoms with van der Waals surface area (Å²) in [5, 5.41) is 12.1. The number of nitrogens with one attached hydrogen (secondary N) is 1. The summed E-state index contributed by atoms with van der Waals surface area (Å²) in [6, 6.07) is -0.217. The van der Waals surface area contributed by atoms with Crippen LogP contribution in [0.2, 0.25) is 0 Å². The number of amides is 2.